The smallest absolute Gasteiger partial charge is 0.406 e. The minimum atomic E-state index is -4.61. The summed E-state index contributed by atoms with van der Waals surface area (Å²) in [4.78, 5) is 80.0. The van der Waals surface area contributed by atoms with E-state index in [-0.39, 0.29) is 60.6 Å². The van der Waals surface area contributed by atoms with E-state index in [1.807, 2.05) is 38.3 Å². The monoisotopic (exact) mass is 1180 g/mol. The number of methoxy groups -OCH3 is 1. The normalized spacial score (nSPS) is 29.7. The van der Waals surface area contributed by atoms with Crippen molar-refractivity contribution in [3.05, 3.63) is 52.1 Å². The summed E-state index contributed by atoms with van der Waals surface area (Å²) in [5.41, 5.74) is 6.74. The first-order chi connectivity index (χ1) is 40.3. The number of amides is 3. The molecule has 84 heavy (non-hydrogen) atoms. The first kappa shape index (κ1) is 57.8. The number of ether oxygens (including phenoxy) is 3. The van der Waals surface area contributed by atoms with Gasteiger partial charge in [0.2, 0.25) is 11.8 Å². The molecule has 2 N–H and O–H groups in total. The molecular formula is C62H82F3N11O7S. The van der Waals surface area contributed by atoms with E-state index < -0.39 is 48.3 Å². The summed E-state index contributed by atoms with van der Waals surface area (Å²) in [5.74, 6) is -0.136. The van der Waals surface area contributed by atoms with Crippen LogP contribution in [0.3, 0.4) is 0 Å². The third-order valence-electron chi connectivity index (χ3n) is 20.3. The van der Waals surface area contributed by atoms with Crippen LogP contribution in [-0.2, 0) is 52.8 Å². The number of rotatable bonds is 11. The van der Waals surface area contributed by atoms with E-state index >= 15 is 22.8 Å². The van der Waals surface area contributed by atoms with Gasteiger partial charge in [-0.15, -0.1) is 11.3 Å². The molecule has 1 spiro atoms. The number of benzene rings is 1. The summed E-state index contributed by atoms with van der Waals surface area (Å²) in [7, 11) is 3.64. The highest BCUT2D eigenvalue weighted by atomic mass is 32.1. The van der Waals surface area contributed by atoms with Gasteiger partial charge in [0.15, 0.2) is 0 Å². The maximum atomic E-state index is 15.3. The van der Waals surface area contributed by atoms with Crippen LogP contribution in [0.25, 0.3) is 33.4 Å². The van der Waals surface area contributed by atoms with Crippen molar-refractivity contribution in [2.24, 2.45) is 22.7 Å². The Hall–Kier alpha value is -5.23. The molecule has 1 aromatic carbocycles. The lowest BCUT2D eigenvalue weighted by Crippen LogP contribution is -2.62. The van der Waals surface area contributed by atoms with Crippen LogP contribution in [-0.4, -0.2) is 198 Å². The number of hydrogen-bond acceptors (Lipinski definition) is 15. The van der Waals surface area contributed by atoms with E-state index in [1.54, 1.807) is 25.4 Å². The van der Waals surface area contributed by atoms with Crippen LogP contribution in [0.2, 0.25) is 0 Å². The second kappa shape index (κ2) is 22.8. The summed E-state index contributed by atoms with van der Waals surface area (Å²) >= 11 is 1.36. The lowest BCUT2D eigenvalue weighted by Gasteiger charge is -2.44. The zero-order chi connectivity index (χ0) is 58.4. The van der Waals surface area contributed by atoms with Crippen molar-refractivity contribution in [2.75, 3.05) is 97.8 Å². The highest BCUT2D eigenvalue weighted by molar-refractivity contribution is 7.10. The molecule has 10 heterocycles. The second-order valence-corrected chi connectivity index (χ2v) is 27.7. The number of anilines is 1. The number of likely N-dealkylation sites (tertiary alicyclic amines) is 2. The molecule has 3 aromatic heterocycles. The predicted molar refractivity (Wildman–Crippen MR) is 312 cm³/mol. The number of carbonyl (C=O) groups excluding carboxylic acids is 4. The number of nitrogens with one attached hydrogen (secondary N) is 2. The quantitative estimate of drug-likeness (QED) is 0.118. The van der Waals surface area contributed by atoms with Gasteiger partial charge in [-0.3, -0.25) is 43.9 Å². The summed E-state index contributed by atoms with van der Waals surface area (Å²) in [6.45, 7) is 11.9. The minimum absolute atomic E-state index is 0.0147. The van der Waals surface area contributed by atoms with Crippen LogP contribution in [0, 0.1) is 22.7 Å². The molecule has 3 amide bonds. The summed E-state index contributed by atoms with van der Waals surface area (Å²) in [6.07, 6.45) is 5.86. The van der Waals surface area contributed by atoms with Crippen LogP contribution >= 0.6 is 11.3 Å². The van der Waals surface area contributed by atoms with E-state index in [0.29, 0.717) is 120 Å². The molecule has 13 rings (SSSR count). The van der Waals surface area contributed by atoms with Crippen LogP contribution < -0.4 is 15.6 Å². The average molecular weight is 1180 g/mol. The number of halogens is 3. The lowest BCUT2D eigenvalue weighted by atomic mass is 9.84. The Kier molecular flexibility index (Phi) is 15.7. The number of fused-ring (bicyclic) bond motifs is 7. The number of pyridine rings is 1. The molecule has 7 aliphatic heterocycles. The molecule has 9 atom stereocenters. The van der Waals surface area contributed by atoms with Crippen LogP contribution in [0.15, 0.2) is 35.8 Å². The number of thiazole rings is 1. The van der Waals surface area contributed by atoms with E-state index in [4.69, 9.17) is 24.2 Å². The van der Waals surface area contributed by atoms with E-state index in [0.717, 1.165) is 70.4 Å². The Morgan fingerprint density at radius 2 is 1.80 bits per heavy atom. The number of aromatic nitrogens is 3. The maximum absolute atomic E-state index is 15.3. The molecule has 4 aromatic rings. The molecule has 6 saturated heterocycles. The number of carbonyl (C=O) groups is 4. The molecule has 454 valence electrons. The maximum Gasteiger partial charge on any atom is 0.406 e. The SMILES string of the molecule is CO[C@@H](C)c1ncc(N2CCN3CCOC[C@@H]3C2)cc1-c1c2c3cc(ccc3n1CC(F)(F)F)-c1csc(n1)C[C@H](NC(=O)[C@H](C1CCCC1)N1CC[C@]3(CCN(C(=O)[C@H]4[C@@H](C5CC5)N4C)C3)C1)C(=O)N1CCC[C@H](N1)C(=O)OCC(C)(C)C2. The number of alkyl halides is 3. The van der Waals surface area contributed by atoms with Gasteiger partial charge in [0, 0.05) is 110 Å². The van der Waals surface area contributed by atoms with Crippen molar-refractivity contribution in [3.63, 3.8) is 0 Å². The van der Waals surface area contributed by atoms with Gasteiger partial charge in [0.25, 0.3) is 5.91 Å². The highest BCUT2D eigenvalue weighted by Crippen LogP contribution is 2.49. The van der Waals surface area contributed by atoms with Crippen molar-refractivity contribution < 1.29 is 46.6 Å². The van der Waals surface area contributed by atoms with Crippen molar-refractivity contribution >= 4 is 51.6 Å². The second-order valence-electron chi connectivity index (χ2n) is 26.8. The van der Waals surface area contributed by atoms with Crippen molar-refractivity contribution in [2.45, 2.75) is 153 Å². The first-order valence-electron chi connectivity index (χ1n) is 30.9. The van der Waals surface area contributed by atoms with Gasteiger partial charge in [-0.1, -0.05) is 32.8 Å². The number of likely N-dealkylation sites (N-methyl/N-ethyl adjacent to an activating group) is 1. The Bertz CT molecular complexity index is 3160. The standard InChI is InChI=1S/C62H82F3N11O7S/c1-37(81-5)51-44(26-41(29-66-51)72-22-21-71-23-24-82-31-42(71)30-72)54-45-28-60(2,3)36-83-59(80)46-11-8-18-76(69-46)57(78)47(27-50-67-48(32-84-50)40-14-15-49(43(45)25-40)75(54)35-62(63,64)65)68-56(77)53(38-9-6-7-10-38)73-19-16-61(33-73)17-20-74(34-61)58(79)55-52(70(55)4)39-12-13-39/h14-15,25-26,29,32,37-39,42,46-47,52-53,55,69H,6-13,16-24,27-28,30-31,33-36H2,1-5H3,(H,68,77)/t37-,42-,46-,47-,52+,53-,55+,61-,70?/m0/s1. The van der Waals surface area contributed by atoms with Gasteiger partial charge < -0.3 is 33.9 Å². The summed E-state index contributed by atoms with van der Waals surface area (Å²) < 4.78 is 65.1. The van der Waals surface area contributed by atoms with Crippen molar-refractivity contribution in [1.29, 1.82) is 0 Å². The number of nitrogens with zero attached hydrogens (tertiary/aromatic N) is 9. The summed E-state index contributed by atoms with van der Waals surface area (Å²) in [5, 5.41) is 7.85. The van der Waals surface area contributed by atoms with Gasteiger partial charge >= 0.3 is 12.1 Å². The van der Waals surface area contributed by atoms with Crippen LogP contribution in [0.4, 0.5) is 18.9 Å². The molecular weight excluding hydrogens is 1100 g/mol. The van der Waals surface area contributed by atoms with Crippen molar-refractivity contribution in [3.8, 4) is 22.5 Å². The van der Waals surface area contributed by atoms with Crippen molar-refractivity contribution in [1.82, 2.24) is 49.9 Å². The number of hydrazine groups is 1. The number of cyclic esters (lactones) is 1. The van der Waals surface area contributed by atoms with E-state index in [2.05, 4.69) is 42.3 Å². The minimum Gasteiger partial charge on any atom is -0.464 e. The number of hydrogen-bond donors (Lipinski definition) is 2. The topological polar surface area (TPSA) is 170 Å². The Labute approximate surface area is 494 Å². The zero-order valence-corrected chi connectivity index (χ0v) is 50.1. The van der Waals surface area contributed by atoms with E-state index in [1.165, 1.54) is 33.8 Å². The summed E-state index contributed by atoms with van der Waals surface area (Å²) in [6, 6.07) is 5.56. The van der Waals surface area contributed by atoms with Gasteiger partial charge in [0.05, 0.1) is 72.0 Å². The highest BCUT2D eigenvalue weighted by Gasteiger charge is 2.59. The Morgan fingerprint density at radius 1 is 0.988 bits per heavy atom. The van der Waals surface area contributed by atoms with E-state index in [9.17, 15) is 9.59 Å². The Morgan fingerprint density at radius 3 is 2.58 bits per heavy atom. The fourth-order valence-corrected chi connectivity index (χ4v) is 16.4. The molecule has 9 aliphatic rings. The predicted octanol–water partition coefficient (Wildman–Crippen LogP) is 6.84. The molecule has 8 fully saturated rings. The number of piperazine rings is 1. The molecule has 22 heteroatoms. The number of esters is 1. The molecule has 2 aliphatic carbocycles. The van der Waals surface area contributed by atoms with Crippen LogP contribution in [0.5, 0.6) is 0 Å². The van der Waals surface area contributed by atoms with Gasteiger partial charge in [-0.25, -0.2) is 10.4 Å². The first-order valence-corrected chi connectivity index (χ1v) is 31.8. The molecule has 18 nitrogen and oxygen atoms in total. The third-order valence-corrected chi connectivity index (χ3v) is 21.1. The molecule has 1 unspecified atom stereocenters. The van der Waals surface area contributed by atoms with Gasteiger partial charge in [-0.05, 0) is 114 Å². The third kappa shape index (κ3) is 11.5. The molecule has 0 radical (unpaired) electrons. The molecule has 2 saturated carbocycles. The van der Waals surface area contributed by atoms with Gasteiger partial charge in [0.1, 0.15) is 24.7 Å². The largest absolute Gasteiger partial charge is 0.464 e. The fourth-order valence-electron chi connectivity index (χ4n) is 15.5. The molecule has 6 bridgehead atoms. The lowest BCUT2D eigenvalue weighted by molar-refractivity contribution is -0.155. The Balaban J connectivity index is 0.843. The number of morpholine rings is 1. The van der Waals surface area contributed by atoms with Crippen LogP contribution in [0.1, 0.15) is 107 Å². The average Bonchev–Trinajstić information content (AvgIpc) is 1.72. The van der Waals surface area contributed by atoms with Gasteiger partial charge in [-0.2, -0.15) is 13.2 Å². The fraction of sp³-hybridized carbons (Fsp3) is 0.677. The zero-order valence-electron chi connectivity index (χ0n) is 49.3.